The van der Waals surface area contributed by atoms with Crippen LogP contribution in [0.15, 0.2) is 42.5 Å². The molecular formula is C22H28F3NO3. The SMILES string of the molecule is Cc1ccccc1CCCOc1ccc(CCC(N)(CO)CO)cc1C(F)(F)F. The lowest BCUT2D eigenvalue weighted by molar-refractivity contribution is -0.139. The van der Waals surface area contributed by atoms with Gasteiger partial charge in [0.1, 0.15) is 5.75 Å². The van der Waals surface area contributed by atoms with Gasteiger partial charge in [-0.05, 0) is 61.4 Å². The summed E-state index contributed by atoms with van der Waals surface area (Å²) in [5.74, 6) is -0.200. The third kappa shape index (κ3) is 6.73. The third-order valence-electron chi connectivity index (χ3n) is 5.00. The molecule has 0 aliphatic heterocycles. The number of aryl methyl sites for hydroxylation is 3. The minimum atomic E-state index is -4.55. The number of rotatable bonds is 10. The zero-order valence-electron chi connectivity index (χ0n) is 16.5. The predicted octanol–water partition coefficient (Wildman–Crippen LogP) is 3.64. The number of hydrogen-bond acceptors (Lipinski definition) is 4. The minimum Gasteiger partial charge on any atom is -0.493 e. The minimum absolute atomic E-state index is 0.161. The maximum Gasteiger partial charge on any atom is 0.419 e. The van der Waals surface area contributed by atoms with Gasteiger partial charge in [0.05, 0.1) is 30.9 Å². The fraction of sp³-hybridized carbons (Fsp3) is 0.455. The number of nitrogens with two attached hydrogens (primary N) is 1. The molecule has 0 fully saturated rings. The smallest absolute Gasteiger partial charge is 0.419 e. The van der Waals surface area contributed by atoms with Crippen molar-refractivity contribution in [3.05, 3.63) is 64.7 Å². The summed E-state index contributed by atoms with van der Waals surface area (Å²) in [6.45, 7) is 1.29. The molecule has 0 atom stereocenters. The van der Waals surface area contributed by atoms with E-state index in [0.717, 1.165) is 23.6 Å². The van der Waals surface area contributed by atoms with E-state index in [2.05, 4.69) is 0 Å². The molecule has 0 spiro atoms. The Kier molecular flexibility index (Phi) is 8.07. The second-order valence-electron chi connectivity index (χ2n) is 7.39. The molecule has 29 heavy (non-hydrogen) atoms. The van der Waals surface area contributed by atoms with Crippen LogP contribution in [0.2, 0.25) is 0 Å². The molecule has 0 aliphatic rings. The summed E-state index contributed by atoms with van der Waals surface area (Å²) >= 11 is 0. The summed E-state index contributed by atoms with van der Waals surface area (Å²) in [6.07, 6.45) is -2.85. The van der Waals surface area contributed by atoms with Gasteiger partial charge < -0.3 is 20.7 Å². The van der Waals surface area contributed by atoms with Gasteiger partial charge in [-0.3, -0.25) is 0 Å². The van der Waals surface area contributed by atoms with Crippen molar-refractivity contribution in [2.24, 2.45) is 5.73 Å². The van der Waals surface area contributed by atoms with Gasteiger partial charge in [0, 0.05) is 0 Å². The zero-order valence-corrected chi connectivity index (χ0v) is 16.5. The molecule has 2 rings (SSSR count). The summed E-state index contributed by atoms with van der Waals surface area (Å²) in [5.41, 5.74) is 6.46. The first kappa shape index (κ1) is 23.2. The summed E-state index contributed by atoms with van der Waals surface area (Å²) in [6, 6.07) is 11.8. The fourth-order valence-corrected chi connectivity index (χ4v) is 3.02. The topological polar surface area (TPSA) is 75.7 Å². The van der Waals surface area contributed by atoms with Crippen LogP contribution in [0.5, 0.6) is 5.75 Å². The average molecular weight is 411 g/mol. The van der Waals surface area contributed by atoms with Crippen LogP contribution in [0, 0.1) is 6.92 Å². The molecule has 2 aromatic rings. The summed E-state index contributed by atoms with van der Waals surface area (Å²) < 4.78 is 45.9. The molecule has 4 N–H and O–H groups in total. The predicted molar refractivity (Wildman–Crippen MR) is 106 cm³/mol. The lowest BCUT2D eigenvalue weighted by atomic mass is 9.93. The molecule has 160 valence electrons. The van der Waals surface area contributed by atoms with E-state index in [4.69, 9.17) is 10.5 Å². The summed E-state index contributed by atoms with van der Waals surface area (Å²) in [4.78, 5) is 0. The van der Waals surface area contributed by atoms with Crippen LogP contribution in [0.1, 0.15) is 35.1 Å². The molecule has 0 heterocycles. The molecule has 7 heteroatoms. The third-order valence-corrected chi connectivity index (χ3v) is 5.00. The number of aliphatic hydroxyl groups excluding tert-OH is 2. The summed E-state index contributed by atoms with van der Waals surface area (Å²) in [7, 11) is 0. The molecule has 0 aromatic heterocycles. The number of aliphatic hydroxyl groups is 2. The van der Waals surface area contributed by atoms with E-state index in [1.807, 2.05) is 31.2 Å². The van der Waals surface area contributed by atoms with Crippen LogP contribution in [0.3, 0.4) is 0 Å². The van der Waals surface area contributed by atoms with Crippen molar-refractivity contribution in [3.8, 4) is 5.75 Å². The van der Waals surface area contributed by atoms with Crippen molar-refractivity contribution in [1.82, 2.24) is 0 Å². The first-order valence-corrected chi connectivity index (χ1v) is 9.56. The average Bonchev–Trinajstić information content (AvgIpc) is 2.70. The maximum atomic E-state index is 13.5. The number of ether oxygens (including phenoxy) is 1. The Bertz CT molecular complexity index is 789. The molecule has 0 unspecified atom stereocenters. The van der Waals surface area contributed by atoms with Crippen LogP contribution in [-0.4, -0.2) is 35.6 Å². The van der Waals surface area contributed by atoms with Crippen molar-refractivity contribution in [2.45, 2.75) is 44.3 Å². The highest BCUT2D eigenvalue weighted by molar-refractivity contribution is 5.39. The molecule has 0 aliphatic carbocycles. The van der Waals surface area contributed by atoms with Crippen molar-refractivity contribution in [1.29, 1.82) is 0 Å². The number of alkyl halides is 3. The van der Waals surface area contributed by atoms with E-state index in [9.17, 15) is 23.4 Å². The number of benzene rings is 2. The van der Waals surface area contributed by atoms with E-state index in [1.54, 1.807) is 6.07 Å². The van der Waals surface area contributed by atoms with Gasteiger partial charge >= 0.3 is 6.18 Å². The van der Waals surface area contributed by atoms with E-state index in [0.29, 0.717) is 12.0 Å². The largest absolute Gasteiger partial charge is 0.493 e. The molecular weight excluding hydrogens is 383 g/mol. The van der Waals surface area contributed by atoms with Crippen LogP contribution >= 0.6 is 0 Å². The Hall–Kier alpha value is -2.09. The van der Waals surface area contributed by atoms with Crippen LogP contribution < -0.4 is 10.5 Å². The highest BCUT2D eigenvalue weighted by atomic mass is 19.4. The lowest BCUT2D eigenvalue weighted by Crippen LogP contribution is -2.47. The van der Waals surface area contributed by atoms with E-state index >= 15 is 0 Å². The van der Waals surface area contributed by atoms with Crippen LogP contribution in [0.25, 0.3) is 0 Å². The van der Waals surface area contributed by atoms with E-state index < -0.39 is 30.5 Å². The molecule has 0 saturated heterocycles. The number of halogens is 3. The fourth-order valence-electron chi connectivity index (χ4n) is 3.02. The quantitative estimate of drug-likeness (QED) is 0.522. The Labute approximate surface area is 169 Å². The Balaban J connectivity index is 2.02. The first-order chi connectivity index (χ1) is 13.7. The van der Waals surface area contributed by atoms with E-state index in [1.165, 1.54) is 6.07 Å². The Morgan fingerprint density at radius 3 is 2.31 bits per heavy atom. The second-order valence-corrected chi connectivity index (χ2v) is 7.39. The van der Waals surface area contributed by atoms with Gasteiger partial charge in [-0.1, -0.05) is 30.3 Å². The maximum absolute atomic E-state index is 13.5. The van der Waals surface area contributed by atoms with Gasteiger partial charge in [0.2, 0.25) is 0 Å². The molecule has 0 amide bonds. The van der Waals surface area contributed by atoms with Crippen molar-refractivity contribution >= 4 is 0 Å². The molecule has 0 bridgehead atoms. The normalized spacial score (nSPS) is 12.2. The number of hydrogen-bond donors (Lipinski definition) is 3. The Morgan fingerprint density at radius 1 is 1.00 bits per heavy atom. The van der Waals surface area contributed by atoms with Crippen molar-refractivity contribution < 1.29 is 28.1 Å². The first-order valence-electron chi connectivity index (χ1n) is 9.56. The molecule has 0 saturated carbocycles. The summed E-state index contributed by atoms with van der Waals surface area (Å²) in [5, 5.41) is 18.5. The van der Waals surface area contributed by atoms with Crippen LogP contribution in [-0.2, 0) is 19.0 Å². The zero-order chi connectivity index (χ0) is 21.5. The monoisotopic (exact) mass is 411 g/mol. The lowest BCUT2D eigenvalue weighted by Gasteiger charge is -2.24. The molecule has 4 nitrogen and oxygen atoms in total. The van der Waals surface area contributed by atoms with Crippen LogP contribution in [0.4, 0.5) is 13.2 Å². The van der Waals surface area contributed by atoms with Crippen molar-refractivity contribution in [2.75, 3.05) is 19.8 Å². The highest BCUT2D eigenvalue weighted by Crippen LogP contribution is 2.37. The van der Waals surface area contributed by atoms with Crippen molar-refractivity contribution in [3.63, 3.8) is 0 Å². The standard InChI is InChI=1S/C22H28F3NO3/c1-16-5-2-3-6-18(16)7-4-12-29-20-9-8-17(13-19(20)22(23,24)25)10-11-21(26,14-27)15-28/h2-3,5-6,8-9,13,27-28H,4,7,10-12,14-15,26H2,1H3. The highest BCUT2D eigenvalue weighted by Gasteiger charge is 2.35. The second kappa shape index (κ2) is 10.1. The van der Waals surface area contributed by atoms with Gasteiger partial charge in [-0.25, -0.2) is 0 Å². The molecule has 2 aromatic carbocycles. The Morgan fingerprint density at radius 2 is 1.69 bits per heavy atom. The van der Waals surface area contributed by atoms with E-state index in [-0.39, 0.29) is 25.2 Å². The van der Waals surface area contributed by atoms with Gasteiger partial charge in [0.15, 0.2) is 0 Å². The van der Waals surface area contributed by atoms with Gasteiger partial charge in [-0.15, -0.1) is 0 Å². The van der Waals surface area contributed by atoms with Gasteiger partial charge in [0.25, 0.3) is 0 Å². The van der Waals surface area contributed by atoms with Gasteiger partial charge in [-0.2, -0.15) is 13.2 Å². The molecule has 0 radical (unpaired) electrons.